The van der Waals surface area contributed by atoms with Gasteiger partial charge in [0.25, 0.3) is 0 Å². The van der Waals surface area contributed by atoms with Crippen LogP contribution in [0.5, 0.6) is 0 Å². The van der Waals surface area contributed by atoms with Crippen molar-refractivity contribution in [2.24, 2.45) is 0 Å². The number of alkyl carbamates (subject to hydrolysis) is 1. The summed E-state index contributed by atoms with van der Waals surface area (Å²) in [6, 6.07) is 17.8. The van der Waals surface area contributed by atoms with Crippen molar-refractivity contribution in [3.8, 4) is 0 Å². The fraction of sp³-hybridized carbons (Fsp3) is 0.375. The highest BCUT2D eigenvalue weighted by atomic mass is 16.6. The van der Waals surface area contributed by atoms with Crippen LogP contribution in [0.1, 0.15) is 43.8 Å². The molecule has 180 valence electrons. The van der Waals surface area contributed by atoms with Crippen LogP contribution in [0.3, 0.4) is 0 Å². The highest BCUT2D eigenvalue weighted by Gasteiger charge is 2.30. The first-order chi connectivity index (χ1) is 16.2. The molecule has 2 N–H and O–H groups in total. The standard InChI is InChI=1S/C24H29N5O5/c1-24(2,3)34-23(32)25-19(14-17-10-6-4-7-11-17)21(31)22-26-27-28-29(22)15-20(30)33-16-18-12-8-5-9-13-18/h4-13,19,21,31H,14-16H2,1-3H3,(H,25,32)/t19-,21-/m0/s1. The molecule has 1 amide bonds. The van der Waals surface area contributed by atoms with Crippen molar-refractivity contribution in [2.45, 2.75) is 58.1 Å². The Bertz CT molecular complexity index is 1070. The van der Waals surface area contributed by atoms with Gasteiger partial charge < -0.3 is 19.9 Å². The molecule has 3 rings (SSSR count). The summed E-state index contributed by atoms with van der Waals surface area (Å²) < 4.78 is 11.8. The van der Waals surface area contributed by atoms with Gasteiger partial charge in [0.1, 0.15) is 24.9 Å². The molecule has 2 atom stereocenters. The number of benzene rings is 2. The summed E-state index contributed by atoms with van der Waals surface area (Å²) in [4.78, 5) is 24.8. The lowest BCUT2D eigenvalue weighted by molar-refractivity contribution is -0.146. The number of aliphatic hydroxyl groups excluding tert-OH is 1. The highest BCUT2D eigenvalue weighted by Crippen LogP contribution is 2.19. The number of nitrogens with one attached hydrogen (secondary N) is 1. The van der Waals surface area contributed by atoms with Gasteiger partial charge >= 0.3 is 12.1 Å². The number of ether oxygens (including phenoxy) is 2. The molecule has 10 nitrogen and oxygen atoms in total. The normalized spacial score (nSPS) is 13.1. The molecule has 0 bridgehead atoms. The van der Waals surface area contributed by atoms with Crippen molar-refractivity contribution in [3.63, 3.8) is 0 Å². The molecular formula is C24H29N5O5. The molecule has 3 aromatic rings. The average molecular weight is 468 g/mol. The van der Waals surface area contributed by atoms with E-state index in [1.165, 1.54) is 0 Å². The molecule has 0 aliphatic rings. The van der Waals surface area contributed by atoms with E-state index in [2.05, 4.69) is 20.8 Å². The van der Waals surface area contributed by atoms with Crippen LogP contribution in [0.25, 0.3) is 0 Å². The topological polar surface area (TPSA) is 128 Å². The largest absolute Gasteiger partial charge is 0.459 e. The van der Waals surface area contributed by atoms with Gasteiger partial charge in [0, 0.05) is 0 Å². The van der Waals surface area contributed by atoms with E-state index in [0.717, 1.165) is 15.8 Å². The van der Waals surface area contributed by atoms with Crippen LogP contribution < -0.4 is 5.32 Å². The fourth-order valence-corrected chi connectivity index (χ4v) is 3.19. The summed E-state index contributed by atoms with van der Waals surface area (Å²) >= 11 is 0. The third-order valence-electron chi connectivity index (χ3n) is 4.73. The Morgan fingerprint density at radius 2 is 1.65 bits per heavy atom. The minimum Gasteiger partial charge on any atom is -0.459 e. The summed E-state index contributed by atoms with van der Waals surface area (Å²) in [6.45, 7) is 5.05. The molecule has 1 heterocycles. The molecule has 0 unspecified atom stereocenters. The molecule has 0 spiro atoms. The van der Waals surface area contributed by atoms with Gasteiger partial charge in [-0.15, -0.1) is 5.10 Å². The van der Waals surface area contributed by atoms with Crippen molar-refractivity contribution >= 4 is 12.1 Å². The lowest BCUT2D eigenvalue weighted by Gasteiger charge is -2.26. The summed E-state index contributed by atoms with van der Waals surface area (Å²) in [5.41, 5.74) is 1.01. The van der Waals surface area contributed by atoms with Crippen molar-refractivity contribution in [1.29, 1.82) is 0 Å². The molecule has 0 saturated heterocycles. The van der Waals surface area contributed by atoms with Crippen molar-refractivity contribution in [2.75, 3.05) is 0 Å². The second kappa shape index (κ2) is 11.4. The smallest absolute Gasteiger partial charge is 0.407 e. The van der Waals surface area contributed by atoms with E-state index in [4.69, 9.17) is 9.47 Å². The highest BCUT2D eigenvalue weighted by molar-refractivity contribution is 5.69. The molecule has 1 aromatic heterocycles. The first-order valence-corrected chi connectivity index (χ1v) is 10.9. The maximum absolute atomic E-state index is 12.4. The monoisotopic (exact) mass is 467 g/mol. The van der Waals surface area contributed by atoms with Crippen LogP contribution in [0.2, 0.25) is 0 Å². The summed E-state index contributed by atoms with van der Waals surface area (Å²) in [6.07, 6.45) is -1.72. The van der Waals surface area contributed by atoms with Crippen LogP contribution in [0.4, 0.5) is 4.79 Å². The maximum atomic E-state index is 12.4. The van der Waals surface area contributed by atoms with E-state index in [-0.39, 0.29) is 25.4 Å². The fourth-order valence-electron chi connectivity index (χ4n) is 3.19. The number of carbonyl (C=O) groups excluding carboxylic acids is 2. The van der Waals surface area contributed by atoms with Gasteiger partial charge in [-0.25, -0.2) is 9.48 Å². The van der Waals surface area contributed by atoms with E-state index in [0.29, 0.717) is 0 Å². The number of tetrazole rings is 1. The number of nitrogens with zero attached hydrogens (tertiary/aromatic N) is 4. The summed E-state index contributed by atoms with van der Waals surface area (Å²) in [5, 5.41) is 25.1. The number of aliphatic hydroxyl groups is 1. The lowest BCUT2D eigenvalue weighted by atomic mass is 10.0. The van der Waals surface area contributed by atoms with E-state index < -0.39 is 29.8 Å². The number of hydrogen-bond acceptors (Lipinski definition) is 8. The number of esters is 1. The first kappa shape index (κ1) is 24.8. The second-order valence-electron chi connectivity index (χ2n) is 8.73. The SMILES string of the molecule is CC(C)(C)OC(=O)N[C@@H](Cc1ccccc1)[C@H](O)c1nnnn1CC(=O)OCc1ccccc1. The quantitative estimate of drug-likeness (QED) is 0.460. The van der Waals surface area contributed by atoms with Gasteiger partial charge in [-0.05, 0) is 48.7 Å². The first-order valence-electron chi connectivity index (χ1n) is 10.9. The molecule has 0 aliphatic heterocycles. The molecule has 0 aliphatic carbocycles. The van der Waals surface area contributed by atoms with Gasteiger partial charge in [0.2, 0.25) is 0 Å². The molecule has 2 aromatic carbocycles. The Morgan fingerprint density at radius 1 is 1.03 bits per heavy atom. The Hall–Kier alpha value is -3.79. The predicted molar refractivity (Wildman–Crippen MR) is 122 cm³/mol. The van der Waals surface area contributed by atoms with Crippen molar-refractivity contribution in [3.05, 3.63) is 77.6 Å². The van der Waals surface area contributed by atoms with Gasteiger partial charge in [-0.2, -0.15) is 0 Å². The van der Waals surface area contributed by atoms with Crippen LogP contribution in [0.15, 0.2) is 60.7 Å². The zero-order valence-corrected chi connectivity index (χ0v) is 19.4. The predicted octanol–water partition coefficient (Wildman–Crippen LogP) is 2.59. The van der Waals surface area contributed by atoms with Crippen LogP contribution in [0, 0.1) is 0 Å². The van der Waals surface area contributed by atoms with Crippen molar-refractivity contribution in [1.82, 2.24) is 25.5 Å². The summed E-state index contributed by atoms with van der Waals surface area (Å²) in [5.74, 6) is -0.544. The number of rotatable bonds is 9. The minimum atomic E-state index is -1.32. The number of carbonyl (C=O) groups is 2. The Morgan fingerprint density at radius 3 is 2.26 bits per heavy atom. The van der Waals surface area contributed by atoms with Gasteiger partial charge in [-0.1, -0.05) is 60.7 Å². The number of hydrogen-bond donors (Lipinski definition) is 2. The third kappa shape index (κ3) is 7.66. The Kier molecular flexibility index (Phi) is 8.31. The summed E-state index contributed by atoms with van der Waals surface area (Å²) in [7, 11) is 0. The molecular weight excluding hydrogens is 438 g/mol. The van der Waals surface area contributed by atoms with E-state index in [1.54, 1.807) is 20.8 Å². The van der Waals surface area contributed by atoms with E-state index in [1.807, 2.05) is 60.7 Å². The van der Waals surface area contributed by atoms with E-state index >= 15 is 0 Å². The third-order valence-corrected chi connectivity index (χ3v) is 4.73. The molecule has 0 fully saturated rings. The molecule has 0 radical (unpaired) electrons. The van der Waals surface area contributed by atoms with E-state index in [9.17, 15) is 14.7 Å². The van der Waals surface area contributed by atoms with Crippen LogP contribution in [-0.2, 0) is 33.8 Å². The molecule has 34 heavy (non-hydrogen) atoms. The zero-order chi connectivity index (χ0) is 24.6. The van der Waals surface area contributed by atoms with Crippen LogP contribution >= 0.6 is 0 Å². The van der Waals surface area contributed by atoms with Crippen molar-refractivity contribution < 1.29 is 24.2 Å². The Balaban J connectivity index is 1.71. The second-order valence-corrected chi connectivity index (χ2v) is 8.73. The minimum absolute atomic E-state index is 0.0219. The molecule has 10 heteroatoms. The number of amides is 1. The van der Waals surface area contributed by atoms with Gasteiger partial charge in [-0.3, -0.25) is 4.79 Å². The average Bonchev–Trinajstić information content (AvgIpc) is 3.25. The molecule has 0 saturated carbocycles. The zero-order valence-electron chi connectivity index (χ0n) is 19.4. The van der Waals surface area contributed by atoms with Gasteiger partial charge in [0.15, 0.2) is 5.82 Å². The van der Waals surface area contributed by atoms with Gasteiger partial charge in [0.05, 0.1) is 6.04 Å². The number of aromatic nitrogens is 4. The Labute approximate surface area is 197 Å². The van der Waals surface area contributed by atoms with Crippen LogP contribution in [-0.4, -0.2) is 49.0 Å². The lowest BCUT2D eigenvalue weighted by Crippen LogP contribution is -2.44. The maximum Gasteiger partial charge on any atom is 0.407 e.